The molecule has 1 nitrogen and oxygen atoms in total. The van der Waals surface area contributed by atoms with E-state index >= 15 is 0 Å². The van der Waals surface area contributed by atoms with E-state index in [9.17, 15) is 0 Å². The molecule has 0 bridgehead atoms. The maximum Gasteiger partial charge on any atom is 0.0208 e. The van der Waals surface area contributed by atoms with Crippen LogP contribution in [0.2, 0.25) is 0 Å². The molecule has 0 aliphatic heterocycles. The van der Waals surface area contributed by atoms with Crippen molar-refractivity contribution in [3.8, 4) is 0 Å². The highest BCUT2D eigenvalue weighted by molar-refractivity contribution is 9.10. The highest BCUT2D eigenvalue weighted by Crippen LogP contribution is 2.25. The van der Waals surface area contributed by atoms with Crippen LogP contribution in [0.1, 0.15) is 56.6 Å². The van der Waals surface area contributed by atoms with Gasteiger partial charge in [-0.25, -0.2) is 0 Å². The van der Waals surface area contributed by atoms with Gasteiger partial charge in [0.05, 0.1) is 0 Å². The minimum atomic E-state index is 0.641. The van der Waals surface area contributed by atoms with E-state index in [-0.39, 0.29) is 0 Å². The summed E-state index contributed by atoms with van der Waals surface area (Å²) in [6.45, 7) is 5.51. The van der Waals surface area contributed by atoms with Crippen molar-refractivity contribution in [2.45, 2.75) is 65.0 Å². The van der Waals surface area contributed by atoms with Crippen LogP contribution in [0.25, 0.3) is 0 Å². The van der Waals surface area contributed by atoms with E-state index in [0.717, 1.165) is 12.5 Å². The summed E-state index contributed by atoms with van der Waals surface area (Å²) in [5.74, 6) is 0.874. The Kier molecular flexibility index (Phi) is 5.90. The molecule has 1 saturated carbocycles. The van der Waals surface area contributed by atoms with Crippen LogP contribution >= 0.6 is 15.9 Å². The summed E-state index contributed by atoms with van der Waals surface area (Å²) in [6, 6.07) is 7.28. The van der Waals surface area contributed by atoms with Gasteiger partial charge in [0, 0.05) is 17.1 Å². The van der Waals surface area contributed by atoms with E-state index < -0.39 is 0 Å². The Labute approximate surface area is 126 Å². The van der Waals surface area contributed by atoms with Crippen LogP contribution in [0.15, 0.2) is 22.7 Å². The van der Waals surface area contributed by atoms with Gasteiger partial charge in [-0.05, 0) is 49.8 Å². The van der Waals surface area contributed by atoms with Gasteiger partial charge in [0.25, 0.3) is 0 Å². The molecule has 1 fully saturated rings. The molecule has 0 unspecified atom stereocenters. The van der Waals surface area contributed by atoms with Gasteiger partial charge >= 0.3 is 0 Å². The van der Waals surface area contributed by atoms with E-state index in [4.69, 9.17) is 0 Å². The van der Waals surface area contributed by atoms with E-state index in [1.807, 2.05) is 0 Å². The van der Waals surface area contributed by atoms with Gasteiger partial charge < -0.3 is 5.32 Å². The number of aryl methyl sites for hydroxylation is 1. The maximum atomic E-state index is 3.73. The fourth-order valence-electron chi connectivity index (χ4n) is 3.07. The Morgan fingerprint density at radius 2 is 1.89 bits per heavy atom. The van der Waals surface area contributed by atoms with Gasteiger partial charge in [0.2, 0.25) is 0 Å². The first-order valence-electron chi connectivity index (χ1n) is 7.65. The van der Waals surface area contributed by atoms with Gasteiger partial charge in [-0.15, -0.1) is 0 Å². The van der Waals surface area contributed by atoms with Crippen molar-refractivity contribution in [2.75, 3.05) is 0 Å². The van der Waals surface area contributed by atoms with Gasteiger partial charge in [-0.3, -0.25) is 0 Å². The molecule has 1 aromatic rings. The molecule has 0 heterocycles. The third-order valence-corrected chi connectivity index (χ3v) is 5.35. The lowest BCUT2D eigenvalue weighted by atomic mass is 9.93. The Hall–Kier alpha value is -0.340. The molecule has 19 heavy (non-hydrogen) atoms. The van der Waals surface area contributed by atoms with E-state index in [0.29, 0.717) is 6.04 Å². The molecule has 1 aliphatic rings. The molecule has 1 atom stereocenters. The first-order valence-corrected chi connectivity index (χ1v) is 8.44. The number of nitrogens with one attached hydrogen (secondary N) is 1. The summed E-state index contributed by atoms with van der Waals surface area (Å²) >= 11 is 3.56. The quantitative estimate of drug-likeness (QED) is 0.750. The zero-order valence-electron chi connectivity index (χ0n) is 12.2. The van der Waals surface area contributed by atoms with E-state index in [2.05, 4.69) is 53.3 Å². The summed E-state index contributed by atoms with van der Waals surface area (Å²) in [5, 5.41) is 3.73. The van der Waals surface area contributed by atoms with Crippen LogP contribution in [-0.2, 0) is 6.54 Å². The normalized spacial score (nSPS) is 19.1. The zero-order valence-corrected chi connectivity index (χ0v) is 13.8. The second kappa shape index (κ2) is 7.44. The molecule has 0 radical (unpaired) electrons. The van der Waals surface area contributed by atoms with Gasteiger partial charge in [0.1, 0.15) is 0 Å². The van der Waals surface area contributed by atoms with Crippen LogP contribution in [0.4, 0.5) is 0 Å². The predicted octanol–water partition coefficient (Wildman–Crippen LogP) is 5.21. The Balaban J connectivity index is 1.84. The molecule has 1 aliphatic carbocycles. The molecule has 0 spiro atoms. The van der Waals surface area contributed by atoms with Crippen LogP contribution in [0, 0.1) is 12.8 Å². The fraction of sp³-hybridized carbons (Fsp3) is 0.647. The molecule has 0 aromatic heterocycles. The topological polar surface area (TPSA) is 12.0 Å². The highest BCUT2D eigenvalue weighted by atomic mass is 79.9. The summed E-state index contributed by atoms with van der Waals surface area (Å²) in [6.07, 6.45) is 8.55. The molecule has 1 N–H and O–H groups in total. The van der Waals surface area contributed by atoms with Crippen LogP contribution < -0.4 is 5.32 Å². The van der Waals surface area contributed by atoms with E-state index in [1.54, 1.807) is 0 Å². The third-order valence-electron chi connectivity index (χ3n) is 4.46. The first-order chi connectivity index (χ1) is 9.16. The molecule has 0 amide bonds. The fourth-order valence-corrected chi connectivity index (χ4v) is 3.32. The highest BCUT2D eigenvalue weighted by Gasteiger charge is 2.18. The summed E-state index contributed by atoms with van der Waals surface area (Å²) < 4.78 is 1.20. The molecule has 2 rings (SSSR count). The van der Waals surface area contributed by atoms with E-state index in [1.165, 1.54) is 54.1 Å². The summed E-state index contributed by atoms with van der Waals surface area (Å²) in [5.41, 5.74) is 2.71. The average molecular weight is 324 g/mol. The Bertz CT molecular complexity index is 394. The van der Waals surface area contributed by atoms with Gasteiger partial charge in [-0.1, -0.05) is 53.7 Å². The van der Waals surface area contributed by atoms with Crippen molar-refractivity contribution in [1.29, 1.82) is 0 Å². The smallest absolute Gasteiger partial charge is 0.0208 e. The van der Waals surface area contributed by atoms with Crippen molar-refractivity contribution < 1.29 is 0 Å². The molecular formula is C17H26BrN. The van der Waals surface area contributed by atoms with Crippen molar-refractivity contribution >= 4 is 15.9 Å². The molecule has 1 aromatic carbocycles. The average Bonchev–Trinajstić information content (AvgIpc) is 2.69. The minimum Gasteiger partial charge on any atom is -0.310 e. The largest absolute Gasteiger partial charge is 0.310 e. The molecule has 0 saturated heterocycles. The lowest BCUT2D eigenvalue weighted by Crippen LogP contribution is -2.32. The van der Waals surface area contributed by atoms with Crippen LogP contribution in [0.5, 0.6) is 0 Å². The van der Waals surface area contributed by atoms with Gasteiger partial charge in [-0.2, -0.15) is 0 Å². The van der Waals surface area contributed by atoms with Crippen LogP contribution in [-0.4, -0.2) is 6.04 Å². The standard InChI is InChI=1S/C17H26BrN/c1-13-11-15(9-10-17(13)18)12-19-14(2)16-7-5-3-4-6-8-16/h9-11,14,16,19H,3-8,12H2,1-2H3/t14-/m0/s1. The molecule has 2 heteroatoms. The van der Waals surface area contributed by atoms with Crippen molar-refractivity contribution in [3.05, 3.63) is 33.8 Å². The maximum absolute atomic E-state index is 3.73. The summed E-state index contributed by atoms with van der Waals surface area (Å²) in [7, 11) is 0. The monoisotopic (exact) mass is 323 g/mol. The molecular weight excluding hydrogens is 298 g/mol. The third kappa shape index (κ3) is 4.61. The van der Waals surface area contributed by atoms with Crippen molar-refractivity contribution in [3.63, 3.8) is 0 Å². The number of halogens is 1. The van der Waals surface area contributed by atoms with Gasteiger partial charge in [0.15, 0.2) is 0 Å². The number of hydrogen-bond donors (Lipinski definition) is 1. The lowest BCUT2D eigenvalue weighted by molar-refractivity contribution is 0.336. The molecule has 106 valence electrons. The lowest BCUT2D eigenvalue weighted by Gasteiger charge is -2.23. The minimum absolute atomic E-state index is 0.641. The Morgan fingerprint density at radius 1 is 1.21 bits per heavy atom. The number of hydrogen-bond acceptors (Lipinski definition) is 1. The van der Waals surface area contributed by atoms with Crippen molar-refractivity contribution in [1.82, 2.24) is 5.32 Å². The zero-order chi connectivity index (χ0) is 13.7. The first kappa shape index (κ1) is 15.1. The summed E-state index contributed by atoms with van der Waals surface area (Å²) in [4.78, 5) is 0. The predicted molar refractivity (Wildman–Crippen MR) is 86.4 cm³/mol. The number of rotatable bonds is 4. The SMILES string of the molecule is Cc1cc(CN[C@@H](C)C2CCCCCC2)ccc1Br. The second-order valence-corrected chi connectivity index (χ2v) is 6.86. The van der Waals surface area contributed by atoms with Crippen LogP contribution in [0.3, 0.4) is 0 Å². The Morgan fingerprint density at radius 3 is 2.53 bits per heavy atom. The second-order valence-electron chi connectivity index (χ2n) is 6.00. The number of benzene rings is 1. The van der Waals surface area contributed by atoms with Crippen molar-refractivity contribution in [2.24, 2.45) is 5.92 Å².